The van der Waals surface area contributed by atoms with Crippen molar-refractivity contribution in [2.75, 3.05) is 11.9 Å². The molecule has 1 rings (SSSR count). The Bertz CT molecular complexity index is 331. The van der Waals surface area contributed by atoms with Crippen molar-refractivity contribution in [3.8, 4) is 0 Å². The first kappa shape index (κ1) is 11.3. The van der Waals surface area contributed by atoms with E-state index in [1.165, 1.54) is 11.1 Å². The maximum absolute atomic E-state index is 3.87. The molecule has 1 nitrogen and oxygen atoms in total. The van der Waals surface area contributed by atoms with Crippen LogP contribution in [-0.2, 0) is 0 Å². The monoisotopic (exact) mass is 253 g/mol. The van der Waals surface area contributed by atoms with Crippen LogP contribution in [0.1, 0.15) is 18.9 Å². The van der Waals surface area contributed by atoms with Crippen molar-refractivity contribution in [3.05, 3.63) is 40.4 Å². The highest BCUT2D eigenvalue weighted by Gasteiger charge is 1.98. The van der Waals surface area contributed by atoms with Gasteiger partial charge in [-0.05, 0) is 53.9 Å². The van der Waals surface area contributed by atoms with Crippen LogP contribution in [0.15, 0.2) is 34.8 Å². The summed E-state index contributed by atoms with van der Waals surface area (Å²) < 4.78 is 1.12. The van der Waals surface area contributed by atoms with Crippen LogP contribution in [0, 0.1) is 6.92 Å². The number of anilines is 1. The molecule has 0 aliphatic carbocycles. The first-order valence-corrected chi connectivity index (χ1v) is 5.53. The standard InChI is InChI=1S/C12H16BrN/c1-9(2)6-7-14-12-5-4-10(3)8-11(12)13/h4-5,8,14H,1,6-7H2,2-3H3. The van der Waals surface area contributed by atoms with Gasteiger partial charge in [0, 0.05) is 16.7 Å². The Morgan fingerprint density at radius 2 is 2.21 bits per heavy atom. The Balaban J connectivity index is 2.55. The highest BCUT2D eigenvalue weighted by atomic mass is 79.9. The third-order valence-electron chi connectivity index (χ3n) is 1.99. The molecule has 0 amide bonds. The van der Waals surface area contributed by atoms with Crippen LogP contribution in [0.2, 0.25) is 0 Å². The minimum Gasteiger partial charge on any atom is -0.384 e. The molecule has 0 aromatic heterocycles. The average Bonchev–Trinajstić information content (AvgIpc) is 2.08. The Kier molecular flexibility index (Phi) is 4.21. The van der Waals surface area contributed by atoms with Gasteiger partial charge in [0.1, 0.15) is 0 Å². The summed E-state index contributed by atoms with van der Waals surface area (Å²) in [5.74, 6) is 0. The molecule has 0 spiro atoms. The zero-order chi connectivity index (χ0) is 10.6. The molecule has 0 atom stereocenters. The van der Waals surface area contributed by atoms with Crippen molar-refractivity contribution < 1.29 is 0 Å². The molecular formula is C12H16BrN. The van der Waals surface area contributed by atoms with E-state index < -0.39 is 0 Å². The lowest BCUT2D eigenvalue weighted by molar-refractivity contribution is 1.00. The van der Waals surface area contributed by atoms with Crippen LogP contribution in [-0.4, -0.2) is 6.54 Å². The molecule has 76 valence electrons. The molecule has 1 aromatic rings. The Hall–Kier alpha value is -0.760. The van der Waals surface area contributed by atoms with Crippen LogP contribution < -0.4 is 5.32 Å². The first-order chi connectivity index (χ1) is 6.59. The zero-order valence-corrected chi connectivity index (χ0v) is 10.3. The van der Waals surface area contributed by atoms with Gasteiger partial charge >= 0.3 is 0 Å². The Morgan fingerprint density at radius 3 is 2.79 bits per heavy atom. The van der Waals surface area contributed by atoms with Gasteiger partial charge in [-0.25, -0.2) is 0 Å². The lowest BCUT2D eigenvalue weighted by Crippen LogP contribution is -2.02. The van der Waals surface area contributed by atoms with Gasteiger partial charge in [-0.3, -0.25) is 0 Å². The normalized spacial score (nSPS) is 9.93. The Morgan fingerprint density at radius 1 is 1.50 bits per heavy atom. The number of hydrogen-bond donors (Lipinski definition) is 1. The summed E-state index contributed by atoms with van der Waals surface area (Å²) in [5, 5.41) is 3.36. The molecule has 0 saturated carbocycles. The topological polar surface area (TPSA) is 12.0 Å². The molecule has 1 aromatic carbocycles. The average molecular weight is 254 g/mol. The van der Waals surface area contributed by atoms with Gasteiger partial charge in [0.05, 0.1) is 0 Å². The van der Waals surface area contributed by atoms with Gasteiger partial charge in [-0.15, -0.1) is 6.58 Å². The second kappa shape index (κ2) is 5.20. The van der Waals surface area contributed by atoms with E-state index in [1.54, 1.807) is 0 Å². The molecule has 0 radical (unpaired) electrons. The van der Waals surface area contributed by atoms with E-state index in [4.69, 9.17) is 0 Å². The van der Waals surface area contributed by atoms with E-state index >= 15 is 0 Å². The van der Waals surface area contributed by atoms with Gasteiger partial charge in [-0.1, -0.05) is 11.6 Å². The molecule has 0 heterocycles. The summed E-state index contributed by atoms with van der Waals surface area (Å²) >= 11 is 3.53. The van der Waals surface area contributed by atoms with E-state index in [2.05, 4.69) is 52.9 Å². The molecule has 0 unspecified atom stereocenters. The van der Waals surface area contributed by atoms with Crippen molar-refractivity contribution in [2.45, 2.75) is 20.3 Å². The van der Waals surface area contributed by atoms with Crippen molar-refractivity contribution in [1.82, 2.24) is 0 Å². The summed E-state index contributed by atoms with van der Waals surface area (Å²) in [6.07, 6.45) is 1.01. The molecular weight excluding hydrogens is 238 g/mol. The van der Waals surface area contributed by atoms with Gasteiger partial charge in [-0.2, -0.15) is 0 Å². The highest BCUT2D eigenvalue weighted by Crippen LogP contribution is 2.23. The summed E-state index contributed by atoms with van der Waals surface area (Å²) in [7, 11) is 0. The summed E-state index contributed by atoms with van der Waals surface area (Å²) in [6, 6.07) is 6.31. The maximum atomic E-state index is 3.87. The SMILES string of the molecule is C=C(C)CCNc1ccc(C)cc1Br. The van der Waals surface area contributed by atoms with Crippen LogP contribution in [0.5, 0.6) is 0 Å². The quantitative estimate of drug-likeness (QED) is 0.796. The number of hydrogen-bond acceptors (Lipinski definition) is 1. The fourth-order valence-corrected chi connectivity index (χ4v) is 1.81. The lowest BCUT2D eigenvalue weighted by atomic mass is 10.2. The maximum Gasteiger partial charge on any atom is 0.0484 e. The number of rotatable bonds is 4. The molecule has 14 heavy (non-hydrogen) atoms. The minimum absolute atomic E-state index is 0.941. The first-order valence-electron chi connectivity index (χ1n) is 4.74. The molecule has 1 N–H and O–H groups in total. The van der Waals surface area contributed by atoms with E-state index in [0.717, 1.165) is 23.1 Å². The van der Waals surface area contributed by atoms with Gasteiger partial charge in [0.15, 0.2) is 0 Å². The van der Waals surface area contributed by atoms with E-state index in [0.29, 0.717) is 0 Å². The smallest absolute Gasteiger partial charge is 0.0484 e. The number of benzene rings is 1. The number of aryl methyl sites for hydroxylation is 1. The largest absolute Gasteiger partial charge is 0.384 e. The van der Waals surface area contributed by atoms with Crippen LogP contribution >= 0.6 is 15.9 Å². The highest BCUT2D eigenvalue weighted by molar-refractivity contribution is 9.10. The van der Waals surface area contributed by atoms with Crippen molar-refractivity contribution in [2.24, 2.45) is 0 Å². The molecule has 0 aliphatic heterocycles. The predicted molar refractivity (Wildman–Crippen MR) is 66.8 cm³/mol. The molecule has 0 saturated heterocycles. The van der Waals surface area contributed by atoms with Gasteiger partial charge < -0.3 is 5.32 Å². The van der Waals surface area contributed by atoms with E-state index in [1.807, 2.05) is 6.92 Å². The lowest BCUT2D eigenvalue weighted by Gasteiger charge is -2.08. The Labute approximate surface area is 94.3 Å². The second-order valence-electron chi connectivity index (χ2n) is 3.62. The van der Waals surface area contributed by atoms with Crippen molar-refractivity contribution >= 4 is 21.6 Å². The van der Waals surface area contributed by atoms with Crippen LogP contribution in [0.3, 0.4) is 0 Å². The van der Waals surface area contributed by atoms with Crippen LogP contribution in [0.4, 0.5) is 5.69 Å². The van der Waals surface area contributed by atoms with Crippen molar-refractivity contribution in [1.29, 1.82) is 0 Å². The molecule has 0 bridgehead atoms. The fourth-order valence-electron chi connectivity index (χ4n) is 1.17. The van der Waals surface area contributed by atoms with Crippen molar-refractivity contribution in [3.63, 3.8) is 0 Å². The molecule has 2 heteroatoms. The van der Waals surface area contributed by atoms with E-state index in [-0.39, 0.29) is 0 Å². The number of nitrogens with one attached hydrogen (secondary N) is 1. The van der Waals surface area contributed by atoms with E-state index in [9.17, 15) is 0 Å². The minimum atomic E-state index is 0.941. The second-order valence-corrected chi connectivity index (χ2v) is 4.47. The summed E-state index contributed by atoms with van der Waals surface area (Å²) in [4.78, 5) is 0. The number of halogens is 1. The third-order valence-corrected chi connectivity index (χ3v) is 2.65. The fraction of sp³-hybridized carbons (Fsp3) is 0.333. The summed E-state index contributed by atoms with van der Waals surface area (Å²) in [5.41, 5.74) is 3.62. The summed E-state index contributed by atoms with van der Waals surface area (Å²) in [6.45, 7) is 8.95. The van der Waals surface area contributed by atoms with Gasteiger partial charge in [0.2, 0.25) is 0 Å². The zero-order valence-electron chi connectivity index (χ0n) is 8.73. The van der Waals surface area contributed by atoms with Crippen LogP contribution in [0.25, 0.3) is 0 Å². The molecule has 0 fully saturated rings. The van der Waals surface area contributed by atoms with Gasteiger partial charge in [0.25, 0.3) is 0 Å². The molecule has 0 aliphatic rings. The third kappa shape index (κ3) is 3.54. The predicted octanol–water partition coefficient (Wildman–Crippen LogP) is 4.14.